The SMILES string of the molecule is C[C@@H](c1cccnc1)N1CCN(C(=O)c2cccc(O)c2)CC1. The van der Waals surface area contributed by atoms with Crippen LogP contribution in [0.4, 0.5) is 0 Å². The van der Waals surface area contributed by atoms with Gasteiger partial charge in [-0.1, -0.05) is 12.1 Å². The highest BCUT2D eigenvalue weighted by molar-refractivity contribution is 5.94. The molecule has 5 heteroatoms. The second kappa shape index (κ2) is 6.79. The summed E-state index contributed by atoms with van der Waals surface area (Å²) in [5.74, 6) is 0.106. The van der Waals surface area contributed by atoms with E-state index in [4.69, 9.17) is 0 Å². The Kier molecular flexibility index (Phi) is 4.57. The Hall–Kier alpha value is -2.40. The smallest absolute Gasteiger partial charge is 0.254 e. The maximum atomic E-state index is 12.5. The fraction of sp³-hybridized carbons (Fsp3) is 0.333. The zero-order chi connectivity index (χ0) is 16.2. The van der Waals surface area contributed by atoms with Crippen LogP contribution in [0.3, 0.4) is 0 Å². The van der Waals surface area contributed by atoms with Crippen molar-refractivity contribution in [2.75, 3.05) is 26.2 Å². The van der Waals surface area contributed by atoms with E-state index in [-0.39, 0.29) is 11.7 Å². The molecule has 1 saturated heterocycles. The van der Waals surface area contributed by atoms with Gasteiger partial charge in [0.25, 0.3) is 5.91 Å². The van der Waals surface area contributed by atoms with Gasteiger partial charge in [-0.15, -0.1) is 0 Å². The van der Waals surface area contributed by atoms with Crippen LogP contribution in [0.1, 0.15) is 28.9 Å². The second-order valence-corrected chi connectivity index (χ2v) is 5.84. The van der Waals surface area contributed by atoms with Crippen molar-refractivity contribution in [3.05, 3.63) is 59.9 Å². The zero-order valence-corrected chi connectivity index (χ0v) is 13.2. The summed E-state index contributed by atoms with van der Waals surface area (Å²) in [6, 6.07) is 10.9. The molecule has 0 radical (unpaired) electrons. The van der Waals surface area contributed by atoms with Crippen LogP contribution in [-0.4, -0.2) is 52.0 Å². The number of carbonyl (C=O) groups excluding carboxylic acids is 1. The summed E-state index contributed by atoms with van der Waals surface area (Å²) in [6.45, 7) is 5.23. The number of phenolic OH excluding ortho intramolecular Hbond substituents is 1. The van der Waals surface area contributed by atoms with Crippen LogP contribution in [-0.2, 0) is 0 Å². The van der Waals surface area contributed by atoms with E-state index in [1.54, 1.807) is 24.4 Å². The van der Waals surface area contributed by atoms with E-state index in [2.05, 4.69) is 22.9 Å². The molecule has 1 N–H and O–H groups in total. The zero-order valence-electron chi connectivity index (χ0n) is 13.2. The summed E-state index contributed by atoms with van der Waals surface area (Å²) in [6.07, 6.45) is 3.68. The number of carbonyl (C=O) groups is 1. The maximum Gasteiger partial charge on any atom is 0.254 e. The molecule has 5 nitrogen and oxygen atoms in total. The molecule has 1 amide bonds. The number of aromatic hydroxyl groups is 1. The lowest BCUT2D eigenvalue weighted by molar-refractivity contribution is 0.0581. The number of benzene rings is 1. The van der Waals surface area contributed by atoms with Crippen LogP contribution in [0.25, 0.3) is 0 Å². The number of amides is 1. The molecule has 2 heterocycles. The Morgan fingerprint density at radius 2 is 1.96 bits per heavy atom. The van der Waals surface area contributed by atoms with Gasteiger partial charge in [-0.25, -0.2) is 0 Å². The minimum absolute atomic E-state index is 0.0189. The van der Waals surface area contributed by atoms with Gasteiger partial charge < -0.3 is 10.0 Å². The van der Waals surface area contributed by atoms with Crippen molar-refractivity contribution in [3.63, 3.8) is 0 Å². The Morgan fingerprint density at radius 3 is 2.61 bits per heavy atom. The van der Waals surface area contributed by atoms with Gasteiger partial charge in [0.1, 0.15) is 5.75 Å². The Labute approximate surface area is 136 Å². The highest BCUT2D eigenvalue weighted by atomic mass is 16.3. The van der Waals surface area contributed by atoms with E-state index >= 15 is 0 Å². The van der Waals surface area contributed by atoms with Crippen LogP contribution in [0, 0.1) is 0 Å². The Bertz CT molecular complexity index is 667. The van der Waals surface area contributed by atoms with E-state index in [1.807, 2.05) is 17.2 Å². The average molecular weight is 311 g/mol. The molecule has 3 rings (SSSR count). The number of phenols is 1. The molecule has 1 aliphatic rings. The van der Waals surface area contributed by atoms with Gasteiger partial charge in [-0.05, 0) is 36.8 Å². The molecular formula is C18H21N3O2. The Morgan fingerprint density at radius 1 is 1.17 bits per heavy atom. The number of rotatable bonds is 3. The van der Waals surface area contributed by atoms with E-state index in [0.717, 1.165) is 13.1 Å². The first-order chi connectivity index (χ1) is 11.1. The molecule has 0 aliphatic carbocycles. The lowest BCUT2D eigenvalue weighted by Gasteiger charge is -2.38. The molecular weight excluding hydrogens is 290 g/mol. The van der Waals surface area contributed by atoms with Crippen molar-refractivity contribution < 1.29 is 9.90 Å². The van der Waals surface area contributed by atoms with Crippen molar-refractivity contribution in [2.24, 2.45) is 0 Å². The van der Waals surface area contributed by atoms with Crippen molar-refractivity contribution in [2.45, 2.75) is 13.0 Å². The number of nitrogens with zero attached hydrogens (tertiary/aromatic N) is 3. The number of pyridine rings is 1. The van der Waals surface area contributed by atoms with Gasteiger partial charge in [0.05, 0.1) is 0 Å². The van der Waals surface area contributed by atoms with Crippen LogP contribution < -0.4 is 0 Å². The van der Waals surface area contributed by atoms with Crippen molar-refractivity contribution in [3.8, 4) is 5.75 Å². The standard InChI is InChI=1S/C18H21N3O2/c1-14(16-5-3-7-19-13-16)20-8-10-21(11-9-20)18(23)15-4-2-6-17(22)12-15/h2-7,12-14,22H,8-11H2,1H3/t14-/m0/s1. The predicted molar refractivity (Wildman–Crippen MR) is 88.2 cm³/mol. The summed E-state index contributed by atoms with van der Waals surface area (Å²) < 4.78 is 0. The number of piperazine rings is 1. The van der Waals surface area contributed by atoms with Gasteiger partial charge in [-0.3, -0.25) is 14.7 Å². The minimum atomic E-state index is -0.0189. The molecule has 1 fully saturated rings. The topological polar surface area (TPSA) is 56.7 Å². The largest absolute Gasteiger partial charge is 0.508 e. The number of hydrogen-bond donors (Lipinski definition) is 1. The maximum absolute atomic E-state index is 12.5. The van der Waals surface area contributed by atoms with Gasteiger partial charge in [0.2, 0.25) is 0 Å². The van der Waals surface area contributed by atoms with Crippen LogP contribution in [0.5, 0.6) is 5.75 Å². The first-order valence-electron chi connectivity index (χ1n) is 7.87. The van der Waals surface area contributed by atoms with Crippen molar-refractivity contribution in [1.82, 2.24) is 14.8 Å². The minimum Gasteiger partial charge on any atom is -0.508 e. The van der Waals surface area contributed by atoms with E-state index in [0.29, 0.717) is 24.7 Å². The predicted octanol–water partition coefficient (Wildman–Crippen LogP) is 2.31. The molecule has 0 unspecified atom stereocenters. The van der Waals surface area contributed by atoms with Crippen LogP contribution >= 0.6 is 0 Å². The summed E-state index contributed by atoms with van der Waals surface area (Å²) in [7, 11) is 0. The molecule has 1 atom stereocenters. The molecule has 1 aromatic heterocycles. The molecule has 0 spiro atoms. The third kappa shape index (κ3) is 3.51. The van der Waals surface area contributed by atoms with Crippen molar-refractivity contribution in [1.29, 1.82) is 0 Å². The fourth-order valence-electron chi connectivity index (χ4n) is 2.97. The van der Waals surface area contributed by atoms with Gasteiger partial charge in [-0.2, -0.15) is 0 Å². The number of aromatic nitrogens is 1. The van der Waals surface area contributed by atoms with Gasteiger partial charge in [0, 0.05) is 50.2 Å². The Balaban J connectivity index is 1.61. The van der Waals surface area contributed by atoms with Crippen molar-refractivity contribution >= 4 is 5.91 Å². The molecule has 120 valence electrons. The summed E-state index contributed by atoms with van der Waals surface area (Å²) in [5, 5.41) is 9.52. The first-order valence-corrected chi connectivity index (χ1v) is 7.87. The van der Waals surface area contributed by atoms with Crippen LogP contribution in [0.2, 0.25) is 0 Å². The number of hydrogen-bond acceptors (Lipinski definition) is 4. The molecule has 1 aromatic carbocycles. The third-order valence-electron chi connectivity index (χ3n) is 4.41. The first kappa shape index (κ1) is 15.5. The molecule has 23 heavy (non-hydrogen) atoms. The van der Waals surface area contributed by atoms with Crippen LogP contribution in [0.15, 0.2) is 48.8 Å². The highest BCUT2D eigenvalue weighted by Gasteiger charge is 2.25. The van der Waals surface area contributed by atoms with E-state index in [9.17, 15) is 9.90 Å². The molecule has 2 aromatic rings. The second-order valence-electron chi connectivity index (χ2n) is 5.84. The molecule has 0 saturated carbocycles. The summed E-state index contributed by atoms with van der Waals surface area (Å²) in [4.78, 5) is 20.9. The van der Waals surface area contributed by atoms with Gasteiger partial charge in [0.15, 0.2) is 0 Å². The van der Waals surface area contributed by atoms with Gasteiger partial charge >= 0.3 is 0 Å². The monoisotopic (exact) mass is 311 g/mol. The highest BCUT2D eigenvalue weighted by Crippen LogP contribution is 2.21. The molecule has 1 aliphatic heterocycles. The lowest BCUT2D eigenvalue weighted by atomic mass is 10.1. The van der Waals surface area contributed by atoms with E-state index < -0.39 is 0 Å². The average Bonchev–Trinajstić information content (AvgIpc) is 2.61. The third-order valence-corrected chi connectivity index (χ3v) is 4.41. The lowest BCUT2D eigenvalue weighted by Crippen LogP contribution is -2.49. The molecule has 0 bridgehead atoms. The summed E-state index contributed by atoms with van der Waals surface area (Å²) >= 11 is 0. The van der Waals surface area contributed by atoms with E-state index in [1.165, 1.54) is 11.6 Å². The quantitative estimate of drug-likeness (QED) is 0.945. The fourth-order valence-corrected chi connectivity index (χ4v) is 2.97. The summed E-state index contributed by atoms with van der Waals surface area (Å²) in [5.41, 5.74) is 1.74. The normalized spacial score (nSPS) is 17.0.